The van der Waals surface area contributed by atoms with Crippen LogP contribution >= 0.6 is 27.3 Å². The van der Waals surface area contributed by atoms with E-state index < -0.39 is 0 Å². The fraction of sp³-hybridized carbons (Fsp3) is 0.357. The van der Waals surface area contributed by atoms with E-state index in [1.807, 2.05) is 12.1 Å². The van der Waals surface area contributed by atoms with Crippen molar-refractivity contribution in [3.05, 3.63) is 39.3 Å². The lowest BCUT2D eigenvalue weighted by Crippen LogP contribution is -2.21. The first-order valence-electron chi connectivity index (χ1n) is 6.02. The molecule has 0 aliphatic rings. The Morgan fingerprint density at radius 3 is 2.72 bits per heavy atom. The predicted molar refractivity (Wildman–Crippen MR) is 82.0 cm³/mol. The number of rotatable bonds is 4. The average Bonchev–Trinajstić information content (AvgIpc) is 2.68. The minimum absolute atomic E-state index is 0.499. The zero-order valence-electron chi connectivity index (χ0n) is 10.8. The molecule has 4 heteroatoms. The summed E-state index contributed by atoms with van der Waals surface area (Å²) in [4.78, 5) is 5.98. The lowest BCUT2D eigenvalue weighted by Gasteiger charge is -2.05. The number of hydrogen-bond donors (Lipinski definition) is 1. The Morgan fingerprint density at radius 2 is 2.06 bits per heavy atom. The maximum absolute atomic E-state index is 4.67. The Kier molecular flexibility index (Phi) is 4.54. The molecule has 2 rings (SSSR count). The zero-order chi connectivity index (χ0) is 13.1. The minimum Gasteiger partial charge on any atom is -0.310 e. The van der Waals surface area contributed by atoms with Gasteiger partial charge in [-0.15, -0.1) is 11.3 Å². The number of thiazole rings is 1. The van der Waals surface area contributed by atoms with Gasteiger partial charge in [-0.1, -0.05) is 48.0 Å². The Balaban J connectivity index is 2.26. The molecule has 0 radical (unpaired) electrons. The molecule has 1 aromatic carbocycles. The van der Waals surface area contributed by atoms with E-state index in [-0.39, 0.29) is 0 Å². The first kappa shape index (κ1) is 13.7. The molecule has 0 atom stereocenters. The van der Waals surface area contributed by atoms with Gasteiger partial charge in [0.1, 0.15) is 5.01 Å². The highest BCUT2D eigenvalue weighted by Crippen LogP contribution is 2.32. The molecule has 0 saturated carbocycles. The highest BCUT2D eigenvalue weighted by atomic mass is 79.9. The Labute approximate surface area is 121 Å². The van der Waals surface area contributed by atoms with E-state index in [4.69, 9.17) is 0 Å². The predicted octanol–water partition coefficient (Wildman–Crippen LogP) is 4.38. The first-order chi connectivity index (χ1) is 8.58. The molecule has 0 fully saturated rings. The van der Waals surface area contributed by atoms with Gasteiger partial charge < -0.3 is 5.32 Å². The van der Waals surface area contributed by atoms with Crippen molar-refractivity contribution in [2.24, 2.45) is 0 Å². The molecule has 0 spiro atoms. The van der Waals surface area contributed by atoms with E-state index in [0.29, 0.717) is 6.04 Å². The second-order valence-electron chi connectivity index (χ2n) is 4.54. The first-order valence-corrected chi connectivity index (χ1v) is 7.63. The maximum Gasteiger partial charge on any atom is 0.125 e. The van der Waals surface area contributed by atoms with E-state index >= 15 is 0 Å². The van der Waals surface area contributed by atoms with E-state index in [9.17, 15) is 0 Å². The summed E-state index contributed by atoms with van der Waals surface area (Å²) >= 11 is 5.35. The number of nitrogens with one attached hydrogen (secondary N) is 1. The van der Waals surface area contributed by atoms with Crippen LogP contribution in [-0.2, 0) is 6.54 Å². The van der Waals surface area contributed by atoms with Crippen LogP contribution in [-0.4, -0.2) is 11.0 Å². The van der Waals surface area contributed by atoms with Gasteiger partial charge in [-0.3, -0.25) is 0 Å². The molecule has 1 N–H and O–H groups in total. The van der Waals surface area contributed by atoms with Crippen LogP contribution in [0.1, 0.15) is 24.4 Å². The van der Waals surface area contributed by atoms with E-state index in [0.717, 1.165) is 21.7 Å². The molecule has 1 aromatic heterocycles. The average molecular weight is 325 g/mol. The summed E-state index contributed by atoms with van der Waals surface area (Å²) in [6, 6.07) is 8.72. The van der Waals surface area contributed by atoms with Crippen LogP contribution in [0, 0.1) is 6.92 Å². The molecule has 0 bridgehead atoms. The van der Waals surface area contributed by atoms with Gasteiger partial charge in [0.25, 0.3) is 0 Å². The van der Waals surface area contributed by atoms with Crippen molar-refractivity contribution < 1.29 is 0 Å². The van der Waals surface area contributed by atoms with Crippen LogP contribution in [0.2, 0.25) is 0 Å². The number of benzene rings is 1. The van der Waals surface area contributed by atoms with Crippen molar-refractivity contribution >= 4 is 27.3 Å². The second-order valence-corrected chi connectivity index (χ2v) is 6.48. The number of hydrogen-bond acceptors (Lipinski definition) is 3. The molecule has 2 aromatic rings. The van der Waals surface area contributed by atoms with Gasteiger partial charge in [-0.2, -0.15) is 0 Å². The Bertz CT molecular complexity index is 534. The largest absolute Gasteiger partial charge is 0.310 e. The van der Waals surface area contributed by atoms with Crippen LogP contribution in [0.5, 0.6) is 0 Å². The zero-order valence-corrected chi connectivity index (χ0v) is 13.2. The van der Waals surface area contributed by atoms with Crippen molar-refractivity contribution in [1.82, 2.24) is 10.3 Å². The number of halogens is 1. The second kappa shape index (κ2) is 5.95. The highest BCUT2D eigenvalue weighted by molar-refractivity contribution is 9.10. The van der Waals surface area contributed by atoms with E-state index in [2.05, 4.69) is 59.1 Å². The van der Waals surface area contributed by atoms with Gasteiger partial charge >= 0.3 is 0 Å². The van der Waals surface area contributed by atoms with Gasteiger partial charge in [0.2, 0.25) is 0 Å². The van der Waals surface area contributed by atoms with Gasteiger partial charge in [-0.25, -0.2) is 4.98 Å². The molecule has 18 heavy (non-hydrogen) atoms. The maximum atomic E-state index is 4.67. The van der Waals surface area contributed by atoms with E-state index in [1.165, 1.54) is 10.4 Å². The lowest BCUT2D eigenvalue weighted by atomic mass is 10.2. The number of aromatic nitrogens is 1. The third-order valence-corrected chi connectivity index (χ3v) is 4.55. The molecule has 2 nitrogen and oxygen atoms in total. The van der Waals surface area contributed by atoms with Gasteiger partial charge in [0.15, 0.2) is 0 Å². The Hall–Kier alpha value is -0.710. The summed E-state index contributed by atoms with van der Waals surface area (Å²) < 4.78 is 1.10. The molecule has 0 unspecified atom stereocenters. The van der Waals surface area contributed by atoms with Crippen molar-refractivity contribution in [2.75, 3.05) is 0 Å². The SMILES string of the molecule is Cc1nc(-c2ccccc2Br)sc1CNC(C)C. The van der Waals surface area contributed by atoms with Gasteiger partial charge in [-0.05, 0) is 13.0 Å². The summed E-state index contributed by atoms with van der Waals surface area (Å²) in [6.45, 7) is 7.29. The minimum atomic E-state index is 0.499. The smallest absolute Gasteiger partial charge is 0.125 e. The molecule has 0 aliphatic heterocycles. The van der Waals surface area contributed by atoms with Crippen LogP contribution < -0.4 is 5.32 Å². The van der Waals surface area contributed by atoms with Crippen molar-refractivity contribution in [1.29, 1.82) is 0 Å². The molecule has 1 heterocycles. The summed E-state index contributed by atoms with van der Waals surface area (Å²) in [5, 5.41) is 4.52. The molecule has 0 aliphatic carbocycles. The van der Waals surface area contributed by atoms with Crippen LogP contribution in [0.25, 0.3) is 10.6 Å². The number of aryl methyl sites for hydroxylation is 1. The number of nitrogens with zero attached hydrogens (tertiary/aromatic N) is 1. The summed E-state index contributed by atoms with van der Waals surface area (Å²) in [5.74, 6) is 0. The van der Waals surface area contributed by atoms with Crippen molar-refractivity contribution in [2.45, 2.75) is 33.4 Å². The fourth-order valence-electron chi connectivity index (χ4n) is 1.64. The normalized spacial score (nSPS) is 11.2. The third-order valence-electron chi connectivity index (χ3n) is 2.67. The Morgan fingerprint density at radius 1 is 1.33 bits per heavy atom. The summed E-state index contributed by atoms with van der Waals surface area (Å²) in [5.41, 5.74) is 2.29. The molecule has 0 saturated heterocycles. The topological polar surface area (TPSA) is 24.9 Å². The van der Waals surface area contributed by atoms with Gasteiger partial charge in [0, 0.05) is 27.5 Å². The summed E-state index contributed by atoms with van der Waals surface area (Å²) in [6.07, 6.45) is 0. The monoisotopic (exact) mass is 324 g/mol. The fourth-order valence-corrected chi connectivity index (χ4v) is 3.30. The molecule has 0 amide bonds. The molecular weight excluding hydrogens is 308 g/mol. The van der Waals surface area contributed by atoms with E-state index in [1.54, 1.807) is 11.3 Å². The molecular formula is C14H17BrN2S. The van der Waals surface area contributed by atoms with Crippen LogP contribution in [0.4, 0.5) is 0 Å². The molecule has 96 valence electrons. The van der Waals surface area contributed by atoms with Crippen LogP contribution in [0.15, 0.2) is 28.7 Å². The van der Waals surface area contributed by atoms with Crippen LogP contribution in [0.3, 0.4) is 0 Å². The van der Waals surface area contributed by atoms with Crippen molar-refractivity contribution in [3.8, 4) is 10.6 Å². The standard InChI is InChI=1S/C14H17BrN2S/c1-9(2)16-8-13-10(3)17-14(18-13)11-6-4-5-7-12(11)15/h4-7,9,16H,8H2,1-3H3. The van der Waals surface area contributed by atoms with Crippen molar-refractivity contribution in [3.63, 3.8) is 0 Å². The van der Waals surface area contributed by atoms with Gasteiger partial charge in [0.05, 0.1) is 5.69 Å². The third kappa shape index (κ3) is 3.19. The quantitative estimate of drug-likeness (QED) is 0.902. The highest BCUT2D eigenvalue weighted by Gasteiger charge is 2.11. The summed E-state index contributed by atoms with van der Waals surface area (Å²) in [7, 11) is 0. The lowest BCUT2D eigenvalue weighted by molar-refractivity contribution is 0.591.